The van der Waals surface area contributed by atoms with Crippen molar-refractivity contribution in [3.8, 4) is 11.5 Å². The highest BCUT2D eigenvalue weighted by Gasteiger charge is 2.16. The average molecular weight is 347 g/mol. The van der Waals surface area contributed by atoms with Crippen molar-refractivity contribution in [1.29, 1.82) is 0 Å². The second-order valence-corrected chi connectivity index (χ2v) is 5.37. The van der Waals surface area contributed by atoms with E-state index in [0.29, 0.717) is 28.6 Å². The Bertz CT molecular complexity index is 765. The third kappa shape index (κ3) is 4.76. The van der Waals surface area contributed by atoms with Crippen LogP contribution in [-0.2, 0) is 16.1 Å². The number of methoxy groups -OCH3 is 2. The molecule has 0 unspecified atom stereocenters. The zero-order chi connectivity index (χ0) is 18.4. The number of benzene rings is 1. The first-order chi connectivity index (χ1) is 11.9. The fraction of sp³-hybridized carbons (Fsp3) is 0.333. The normalized spacial score (nSPS) is 10.2. The van der Waals surface area contributed by atoms with Crippen molar-refractivity contribution >= 4 is 11.9 Å². The second-order valence-electron chi connectivity index (χ2n) is 5.37. The summed E-state index contributed by atoms with van der Waals surface area (Å²) >= 11 is 0. The number of rotatable bonds is 7. The second kappa shape index (κ2) is 8.23. The first-order valence-electron chi connectivity index (χ1n) is 7.66. The maximum atomic E-state index is 11.9. The van der Waals surface area contributed by atoms with Crippen LogP contribution in [0.2, 0.25) is 0 Å². The molecule has 0 aliphatic rings. The average Bonchev–Trinajstić information content (AvgIpc) is 2.95. The van der Waals surface area contributed by atoms with E-state index >= 15 is 0 Å². The molecule has 0 aliphatic heterocycles. The summed E-state index contributed by atoms with van der Waals surface area (Å²) in [5.74, 6) is 1.27. The van der Waals surface area contributed by atoms with Crippen molar-refractivity contribution in [2.75, 3.05) is 20.8 Å². The molecule has 7 heteroatoms. The van der Waals surface area contributed by atoms with Crippen molar-refractivity contribution in [3.05, 3.63) is 46.9 Å². The minimum Gasteiger partial charge on any atom is -0.493 e. The molecule has 0 radical (unpaired) electrons. The number of amides is 1. The summed E-state index contributed by atoms with van der Waals surface area (Å²) < 4.78 is 20.6. The number of ether oxygens (including phenoxy) is 3. The van der Waals surface area contributed by atoms with Gasteiger partial charge in [0.25, 0.3) is 5.91 Å². The van der Waals surface area contributed by atoms with Gasteiger partial charge in [0.05, 0.1) is 14.2 Å². The first-order valence-corrected chi connectivity index (χ1v) is 7.66. The van der Waals surface area contributed by atoms with E-state index in [0.717, 1.165) is 5.56 Å². The Hall–Kier alpha value is -2.96. The van der Waals surface area contributed by atoms with Crippen molar-refractivity contribution in [1.82, 2.24) is 5.32 Å². The lowest BCUT2D eigenvalue weighted by Crippen LogP contribution is -2.28. The van der Waals surface area contributed by atoms with Gasteiger partial charge < -0.3 is 23.9 Å². The van der Waals surface area contributed by atoms with Crippen molar-refractivity contribution < 1.29 is 28.2 Å². The van der Waals surface area contributed by atoms with Gasteiger partial charge in [0.15, 0.2) is 18.1 Å². The third-order valence-electron chi connectivity index (χ3n) is 3.53. The van der Waals surface area contributed by atoms with Gasteiger partial charge in [-0.2, -0.15) is 0 Å². The molecule has 1 amide bonds. The zero-order valence-corrected chi connectivity index (χ0v) is 14.7. The maximum absolute atomic E-state index is 11.9. The highest BCUT2D eigenvalue weighted by molar-refractivity contribution is 5.92. The minimum atomic E-state index is -0.587. The fourth-order valence-electron chi connectivity index (χ4n) is 2.28. The van der Waals surface area contributed by atoms with Crippen molar-refractivity contribution in [2.24, 2.45) is 0 Å². The van der Waals surface area contributed by atoms with Gasteiger partial charge in [-0.3, -0.25) is 4.79 Å². The zero-order valence-electron chi connectivity index (χ0n) is 14.7. The molecule has 0 saturated carbocycles. The molecule has 1 aromatic heterocycles. The van der Waals surface area contributed by atoms with Crippen LogP contribution < -0.4 is 14.8 Å². The predicted molar refractivity (Wildman–Crippen MR) is 89.9 cm³/mol. The Morgan fingerprint density at radius 1 is 1.08 bits per heavy atom. The number of carbonyl (C=O) groups excluding carboxylic acids is 2. The summed E-state index contributed by atoms with van der Waals surface area (Å²) in [5, 5.41) is 2.68. The lowest BCUT2D eigenvalue weighted by Gasteiger charge is -2.10. The molecule has 2 aromatic rings. The third-order valence-corrected chi connectivity index (χ3v) is 3.53. The Balaban J connectivity index is 1.84. The topological polar surface area (TPSA) is 87.0 Å². The minimum absolute atomic E-state index is 0.278. The van der Waals surface area contributed by atoms with Crippen LogP contribution in [0.15, 0.2) is 28.7 Å². The Morgan fingerprint density at radius 3 is 2.40 bits per heavy atom. The molecule has 0 fully saturated rings. The van der Waals surface area contributed by atoms with Gasteiger partial charge in [0.1, 0.15) is 17.1 Å². The van der Waals surface area contributed by atoms with E-state index in [2.05, 4.69) is 5.32 Å². The first kappa shape index (κ1) is 18.4. The fourth-order valence-corrected chi connectivity index (χ4v) is 2.28. The van der Waals surface area contributed by atoms with E-state index in [-0.39, 0.29) is 13.2 Å². The number of furan rings is 1. The Labute approximate surface area is 145 Å². The van der Waals surface area contributed by atoms with Gasteiger partial charge in [0, 0.05) is 6.54 Å². The SMILES string of the molecule is COc1ccc(CNC(=O)COC(=O)c2cc(C)oc2C)cc1OC. The molecule has 0 aliphatic carbocycles. The number of esters is 1. The van der Waals surface area contributed by atoms with Gasteiger partial charge in [-0.05, 0) is 37.6 Å². The largest absolute Gasteiger partial charge is 0.493 e. The monoisotopic (exact) mass is 347 g/mol. The van der Waals surface area contributed by atoms with Gasteiger partial charge in [-0.1, -0.05) is 6.07 Å². The summed E-state index contributed by atoms with van der Waals surface area (Å²) in [4.78, 5) is 23.8. The van der Waals surface area contributed by atoms with E-state index in [1.54, 1.807) is 46.3 Å². The quantitative estimate of drug-likeness (QED) is 0.774. The van der Waals surface area contributed by atoms with E-state index < -0.39 is 11.9 Å². The van der Waals surface area contributed by atoms with Crippen LogP contribution in [0.5, 0.6) is 11.5 Å². The summed E-state index contributed by atoms with van der Waals surface area (Å²) in [6.07, 6.45) is 0. The molecule has 1 heterocycles. The molecule has 1 N–H and O–H groups in total. The van der Waals surface area contributed by atoms with Gasteiger partial charge >= 0.3 is 5.97 Å². The Morgan fingerprint density at radius 2 is 1.80 bits per heavy atom. The number of hydrogen-bond donors (Lipinski definition) is 1. The highest BCUT2D eigenvalue weighted by atomic mass is 16.5. The molecule has 0 saturated heterocycles. The van der Waals surface area contributed by atoms with Crippen LogP contribution >= 0.6 is 0 Å². The number of carbonyl (C=O) groups is 2. The van der Waals surface area contributed by atoms with Crippen molar-refractivity contribution in [3.63, 3.8) is 0 Å². The molecule has 0 bridgehead atoms. The number of nitrogens with one attached hydrogen (secondary N) is 1. The van der Waals surface area contributed by atoms with Crippen LogP contribution in [0.25, 0.3) is 0 Å². The van der Waals surface area contributed by atoms with E-state index in [1.807, 2.05) is 6.07 Å². The molecule has 134 valence electrons. The standard InChI is InChI=1S/C18H21NO6/c1-11-7-14(12(2)25-11)18(21)24-10-17(20)19-9-13-5-6-15(22-3)16(8-13)23-4/h5-8H,9-10H2,1-4H3,(H,19,20). The van der Waals surface area contributed by atoms with Crippen LogP contribution in [0.3, 0.4) is 0 Å². The molecule has 0 spiro atoms. The summed E-state index contributed by atoms with van der Waals surface area (Å²) in [6, 6.07) is 6.91. The summed E-state index contributed by atoms with van der Waals surface area (Å²) in [7, 11) is 3.09. The van der Waals surface area contributed by atoms with Crippen LogP contribution in [0.1, 0.15) is 27.4 Å². The highest BCUT2D eigenvalue weighted by Crippen LogP contribution is 2.27. The lowest BCUT2D eigenvalue weighted by molar-refractivity contribution is -0.124. The van der Waals surface area contributed by atoms with Crippen LogP contribution in [-0.4, -0.2) is 32.7 Å². The molecular formula is C18H21NO6. The molecular weight excluding hydrogens is 326 g/mol. The number of hydrogen-bond acceptors (Lipinski definition) is 6. The smallest absolute Gasteiger partial charge is 0.342 e. The lowest BCUT2D eigenvalue weighted by atomic mass is 10.2. The predicted octanol–water partition coefficient (Wildman–Crippen LogP) is 2.39. The van der Waals surface area contributed by atoms with E-state index in [4.69, 9.17) is 18.6 Å². The molecule has 2 rings (SSSR count). The number of aryl methyl sites for hydroxylation is 2. The molecule has 0 atom stereocenters. The van der Waals surface area contributed by atoms with Gasteiger partial charge in [-0.25, -0.2) is 4.79 Å². The summed E-state index contributed by atoms with van der Waals surface area (Å²) in [6.45, 7) is 3.32. The molecule has 25 heavy (non-hydrogen) atoms. The Kier molecular flexibility index (Phi) is 6.05. The molecule has 1 aromatic carbocycles. The van der Waals surface area contributed by atoms with Gasteiger partial charge in [-0.15, -0.1) is 0 Å². The summed E-state index contributed by atoms with van der Waals surface area (Å²) in [5.41, 5.74) is 1.16. The van der Waals surface area contributed by atoms with Crippen molar-refractivity contribution in [2.45, 2.75) is 20.4 Å². The molecule has 7 nitrogen and oxygen atoms in total. The van der Waals surface area contributed by atoms with Crippen LogP contribution in [0.4, 0.5) is 0 Å². The maximum Gasteiger partial charge on any atom is 0.342 e. The van der Waals surface area contributed by atoms with E-state index in [9.17, 15) is 9.59 Å². The van der Waals surface area contributed by atoms with E-state index in [1.165, 1.54) is 0 Å². The van der Waals surface area contributed by atoms with Gasteiger partial charge in [0.2, 0.25) is 0 Å². The van der Waals surface area contributed by atoms with Crippen LogP contribution in [0, 0.1) is 13.8 Å².